The van der Waals surface area contributed by atoms with Crippen LogP contribution in [0.1, 0.15) is 5.56 Å². The molecule has 0 aliphatic heterocycles. The molecule has 0 aromatic heterocycles. The highest BCUT2D eigenvalue weighted by Gasteiger charge is 1.98. The molecule has 0 fully saturated rings. The summed E-state index contributed by atoms with van der Waals surface area (Å²) >= 11 is 0. The molecule has 84 valence electrons. The maximum atomic E-state index is 12.5. The smallest absolute Gasteiger partial charge is 0.322 e. The third kappa shape index (κ3) is 4.36. The number of amides is 1. The van der Waals surface area contributed by atoms with E-state index in [9.17, 15) is 14.0 Å². The van der Waals surface area contributed by atoms with Crippen molar-refractivity contribution in [2.45, 2.75) is 0 Å². The van der Waals surface area contributed by atoms with Crippen LogP contribution in [0.5, 0.6) is 0 Å². The van der Waals surface area contributed by atoms with Gasteiger partial charge in [0.2, 0.25) is 5.91 Å². The van der Waals surface area contributed by atoms with Crippen molar-refractivity contribution in [1.82, 2.24) is 5.32 Å². The number of benzene rings is 1. The first-order chi connectivity index (χ1) is 7.58. The summed E-state index contributed by atoms with van der Waals surface area (Å²) in [6.07, 6.45) is 2.66. The summed E-state index contributed by atoms with van der Waals surface area (Å²) in [6, 6.07) is 5.57. The number of carboxylic acids is 1. The lowest BCUT2D eigenvalue weighted by Crippen LogP contribution is -2.27. The maximum Gasteiger partial charge on any atom is 0.322 e. The van der Waals surface area contributed by atoms with E-state index in [1.807, 2.05) is 0 Å². The van der Waals surface area contributed by atoms with Gasteiger partial charge in [-0.2, -0.15) is 0 Å². The quantitative estimate of drug-likeness (QED) is 0.749. The Balaban J connectivity index is 2.50. The molecule has 0 aliphatic carbocycles. The lowest BCUT2D eigenvalue weighted by molar-refractivity contribution is -0.137. The van der Waals surface area contributed by atoms with Crippen LogP contribution in [0.3, 0.4) is 0 Å². The van der Waals surface area contributed by atoms with Gasteiger partial charge in [-0.1, -0.05) is 12.1 Å². The molecule has 0 unspecified atom stereocenters. The number of carboxylic acid groups (broad SMARTS) is 1. The molecule has 0 atom stereocenters. The predicted octanol–water partition coefficient (Wildman–Crippen LogP) is 1.04. The average molecular weight is 223 g/mol. The zero-order chi connectivity index (χ0) is 12.0. The average Bonchev–Trinajstić information content (AvgIpc) is 2.25. The van der Waals surface area contributed by atoms with Crippen LogP contribution >= 0.6 is 0 Å². The first-order valence-electron chi connectivity index (χ1n) is 4.51. The molecule has 0 radical (unpaired) electrons. The van der Waals surface area contributed by atoms with Gasteiger partial charge in [-0.15, -0.1) is 0 Å². The van der Waals surface area contributed by atoms with Crippen molar-refractivity contribution in [3.8, 4) is 0 Å². The van der Waals surface area contributed by atoms with E-state index >= 15 is 0 Å². The minimum Gasteiger partial charge on any atom is -0.480 e. The summed E-state index contributed by atoms with van der Waals surface area (Å²) in [5.41, 5.74) is 0.659. The number of halogens is 1. The standard InChI is InChI=1S/C11H10FNO3/c12-9-4-1-8(2-5-9)3-6-10(14)13-7-11(15)16/h1-6H,7H2,(H,13,14)(H,15,16)/b6-3+. The van der Waals surface area contributed by atoms with Gasteiger partial charge in [0, 0.05) is 6.08 Å². The second-order valence-corrected chi connectivity index (χ2v) is 3.00. The van der Waals surface area contributed by atoms with Crippen LogP contribution in [0, 0.1) is 5.82 Å². The zero-order valence-corrected chi connectivity index (χ0v) is 8.31. The molecule has 0 heterocycles. The second-order valence-electron chi connectivity index (χ2n) is 3.00. The van der Waals surface area contributed by atoms with Crippen molar-refractivity contribution in [3.05, 3.63) is 41.7 Å². The molecule has 1 aromatic rings. The zero-order valence-electron chi connectivity index (χ0n) is 8.31. The number of rotatable bonds is 4. The van der Waals surface area contributed by atoms with Crippen molar-refractivity contribution in [2.75, 3.05) is 6.54 Å². The molecule has 16 heavy (non-hydrogen) atoms. The monoisotopic (exact) mass is 223 g/mol. The molecule has 1 rings (SSSR count). The van der Waals surface area contributed by atoms with Crippen molar-refractivity contribution < 1.29 is 19.1 Å². The van der Waals surface area contributed by atoms with Crippen LogP contribution in [0.25, 0.3) is 6.08 Å². The molecule has 1 amide bonds. The van der Waals surface area contributed by atoms with Gasteiger partial charge in [0.15, 0.2) is 0 Å². The number of hydrogen-bond acceptors (Lipinski definition) is 2. The van der Waals surface area contributed by atoms with Crippen molar-refractivity contribution in [3.63, 3.8) is 0 Å². The predicted molar refractivity (Wildman–Crippen MR) is 56.1 cm³/mol. The SMILES string of the molecule is O=C(O)CNC(=O)/C=C/c1ccc(F)cc1. The summed E-state index contributed by atoms with van der Waals surface area (Å²) < 4.78 is 12.5. The normalized spacial score (nSPS) is 10.3. The first kappa shape index (κ1) is 11.9. The van der Waals surface area contributed by atoms with E-state index in [1.165, 1.54) is 36.4 Å². The van der Waals surface area contributed by atoms with Gasteiger partial charge in [-0.3, -0.25) is 9.59 Å². The van der Waals surface area contributed by atoms with Crippen molar-refractivity contribution >= 4 is 18.0 Å². The van der Waals surface area contributed by atoms with E-state index in [0.717, 1.165) is 0 Å². The molecule has 2 N–H and O–H groups in total. The van der Waals surface area contributed by atoms with Gasteiger partial charge in [0.1, 0.15) is 12.4 Å². The van der Waals surface area contributed by atoms with Crippen LogP contribution in [0.4, 0.5) is 4.39 Å². The van der Waals surface area contributed by atoms with E-state index in [-0.39, 0.29) is 5.82 Å². The van der Waals surface area contributed by atoms with Crippen molar-refractivity contribution in [2.24, 2.45) is 0 Å². The summed E-state index contributed by atoms with van der Waals surface area (Å²) in [4.78, 5) is 21.2. The van der Waals surface area contributed by atoms with Crippen LogP contribution in [0.15, 0.2) is 30.3 Å². The lowest BCUT2D eigenvalue weighted by atomic mass is 10.2. The molecular weight excluding hydrogens is 213 g/mol. The molecule has 0 saturated carbocycles. The minimum absolute atomic E-state index is 0.354. The summed E-state index contributed by atoms with van der Waals surface area (Å²) in [5, 5.41) is 10.5. The highest BCUT2D eigenvalue weighted by atomic mass is 19.1. The molecule has 0 saturated heterocycles. The van der Waals surface area contributed by atoms with E-state index in [4.69, 9.17) is 5.11 Å². The maximum absolute atomic E-state index is 12.5. The van der Waals surface area contributed by atoms with Crippen LogP contribution in [-0.2, 0) is 9.59 Å². The fourth-order valence-electron chi connectivity index (χ4n) is 0.967. The summed E-state index contributed by atoms with van der Waals surface area (Å²) in [7, 11) is 0. The fourth-order valence-corrected chi connectivity index (χ4v) is 0.967. The number of carbonyl (C=O) groups excluding carboxylic acids is 1. The fraction of sp³-hybridized carbons (Fsp3) is 0.0909. The third-order valence-electron chi connectivity index (χ3n) is 1.71. The Kier molecular flexibility index (Phi) is 4.20. The minimum atomic E-state index is -1.11. The molecule has 4 nitrogen and oxygen atoms in total. The number of nitrogens with one attached hydrogen (secondary N) is 1. The van der Waals surface area contributed by atoms with Gasteiger partial charge in [-0.25, -0.2) is 4.39 Å². The van der Waals surface area contributed by atoms with Gasteiger partial charge >= 0.3 is 5.97 Å². The number of carbonyl (C=O) groups is 2. The summed E-state index contributed by atoms with van der Waals surface area (Å²) in [6.45, 7) is -0.424. The molecule has 5 heteroatoms. The second kappa shape index (κ2) is 5.65. The topological polar surface area (TPSA) is 66.4 Å². The van der Waals surface area contributed by atoms with Gasteiger partial charge < -0.3 is 10.4 Å². The van der Waals surface area contributed by atoms with Gasteiger partial charge in [0.05, 0.1) is 0 Å². The number of hydrogen-bond donors (Lipinski definition) is 2. The Bertz CT molecular complexity index is 412. The molecule has 0 spiro atoms. The van der Waals surface area contributed by atoms with Crippen LogP contribution < -0.4 is 5.32 Å². The van der Waals surface area contributed by atoms with Crippen LogP contribution in [0.2, 0.25) is 0 Å². The van der Waals surface area contributed by atoms with Gasteiger partial charge in [-0.05, 0) is 23.8 Å². The Labute approximate surface area is 91.4 Å². The lowest BCUT2D eigenvalue weighted by Gasteiger charge is -1.96. The van der Waals surface area contributed by atoms with E-state index in [2.05, 4.69) is 5.32 Å². The molecular formula is C11H10FNO3. The van der Waals surface area contributed by atoms with E-state index in [0.29, 0.717) is 5.56 Å². The third-order valence-corrected chi connectivity index (χ3v) is 1.71. The highest BCUT2D eigenvalue weighted by Crippen LogP contribution is 2.04. The first-order valence-corrected chi connectivity index (χ1v) is 4.51. The molecule has 0 bridgehead atoms. The largest absolute Gasteiger partial charge is 0.480 e. The Morgan fingerprint density at radius 3 is 2.50 bits per heavy atom. The highest BCUT2D eigenvalue weighted by molar-refractivity contribution is 5.93. The van der Waals surface area contributed by atoms with Gasteiger partial charge in [0.25, 0.3) is 0 Å². The van der Waals surface area contributed by atoms with Crippen LogP contribution in [-0.4, -0.2) is 23.5 Å². The van der Waals surface area contributed by atoms with Crippen molar-refractivity contribution in [1.29, 1.82) is 0 Å². The van der Waals surface area contributed by atoms with E-state index < -0.39 is 18.4 Å². The van der Waals surface area contributed by atoms with E-state index in [1.54, 1.807) is 0 Å². The molecule has 0 aliphatic rings. The Hall–Kier alpha value is -2.17. The Morgan fingerprint density at radius 2 is 1.94 bits per heavy atom. The Morgan fingerprint density at radius 1 is 1.31 bits per heavy atom. The summed E-state index contributed by atoms with van der Waals surface area (Å²) in [5.74, 6) is -1.97. The molecule has 1 aromatic carbocycles. The number of aliphatic carboxylic acids is 1.